The van der Waals surface area contributed by atoms with Gasteiger partial charge in [0.25, 0.3) is 0 Å². The lowest BCUT2D eigenvalue weighted by atomic mass is 10.4. The molecule has 0 aliphatic heterocycles. The summed E-state index contributed by atoms with van der Waals surface area (Å²) >= 11 is 0. The van der Waals surface area contributed by atoms with Gasteiger partial charge in [0.1, 0.15) is 12.7 Å². The van der Waals surface area contributed by atoms with Gasteiger partial charge in [-0.2, -0.15) is 0 Å². The minimum Gasteiger partial charge on any atom is -0.394 e. The van der Waals surface area contributed by atoms with Crippen molar-refractivity contribution in [1.29, 1.82) is 0 Å². The molecule has 1 unspecified atom stereocenters. The Morgan fingerprint density at radius 3 is 2.50 bits per heavy atom. The third-order valence-corrected chi connectivity index (χ3v) is 0.792. The molecule has 0 aliphatic carbocycles. The van der Waals surface area contributed by atoms with E-state index in [1.54, 1.807) is 6.92 Å². The molecular weight excluding hydrogens is 108 g/mol. The van der Waals surface area contributed by atoms with Crippen molar-refractivity contribution in [2.45, 2.75) is 13.0 Å². The van der Waals surface area contributed by atoms with E-state index < -0.39 is 6.10 Å². The maximum absolute atomic E-state index is 9.97. The van der Waals surface area contributed by atoms with Gasteiger partial charge < -0.3 is 9.84 Å². The molecule has 1 radical (unpaired) electrons. The Balaban J connectivity index is 3.07. The Bertz CT molecular complexity index is 42.9. The number of hydrogen-bond donors (Lipinski definition) is 1. The van der Waals surface area contributed by atoms with Crippen LogP contribution in [0.1, 0.15) is 6.92 Å². The maximum atomic E-state index is 9.97. The summed E-state index contributed by atoms with van der Waals surface area (Å²) in [6.45, 7) is 1.76. The largest absolute Gasteiger partial charge is 0.394 e. The number of rotatable bonds is 4. The topological polar surface area (TPSA) is 49.4 Å². The summed E-state index contributed by atoms with van der Waals surface area (Å²) in [5, 5.41) is 18.3. The summed E-state index contributed by atoms with van der Waals surface area (Å²) in [7, 11) is 0. The summed E-state index contributed by atoms with van der Waals surface area (Å²) in [6, 6.07) is 0. The van der Waals surface area contributed by atoms with Crippen LogP contribution in [0.3, 0.4) is 0 Å². The molecule has 0 bridgehead atoms. The zero-order valence-electron chi connectivity index (χ0n) is 4.96. The molecular formula is C5H11O3. The highest BCUT2D eigenvalue weighted by Gasteiger charge is 2.02. The fraction of sp³-hybridized carbons (Fsp3) is 1.00. The molecule has 0 aromatic rings. The van der Waals surface area contributed by atoms with E-state index >= 15 is 0 Å². The minimum atomic E-state index is -0.500. The molecule has 0 saturated carbocycles. The third kappa shape index (κ3) is 2.96. The molecule has 1 atom stereocenters. The Hall–Kier alpha value is -0.120. The molecule has 0 rings (SSSR count). The van der Waals surface area contributed by atoms with Crippen LogP contribution in [-0.4, -0.2) is 31.0 Å². The average molecular weight is 119 g/mol. The van der Waals surface area contributed by atoms with Gasteiger partial charge in [0, 0.05) is 6.61 Å². The van der Waals surface area contributed by atoms with Crippen molar-refractivity contribution in [1.82, 2.24) is 0 Å². The van der Waals surface area contributed by atoms with E-state index in [1.165, 1.54) is 0 Å². The quantitative estimate of drug-likeness (QED) is 0.557. The van der Waals surface area contributed by atoms with Gasteiger partial charge in [0.05, 0.1) is 6.61 Å². The van der Waals surface area contributed by atoms with Gasteiger partial charge in [-0.05, 0) is 6.92 Å². The number of hydrogen-bond acceptors (Lipinski definition) is 2. The second-order valence-corrected chi connectivity index (χ2v) is 1.43. The first kappa shape index (κ1) is 7.88. The SMILES string of the molecule is CCOC(C[O])CO. The first-order valence-electron chi connectivity index (χ1n) is 2.65. The Morgan fingerprint density at radius 1 is 1.75 bits per heavy atom. The second-order valence-electron chi connectivity index (χ2n) is 1.43. The van der Waals surface area contributed by atoms with Crippen LogP contribution in [0.4, 0.5) is 0 Å². The van der Waals surface area contributed by atoms with E-state index in [1.807, 2.05) is 0 Å². The number of ether oxygens (including phenoxy) is 1. The highest BCUT2D eigenvalue weighted by molar-refractivity contribution is 4.49. The molecule has 0 aliphatic rings. The van der Waals surface area contributed by atoms with Crippen LogP contribution in [0.15, 0.2) is 0 Å². The summed E-state index contributed by atoms with van der Waals surface area (Å²) in [6.07, 6.45) is -0.500. The lowest BCUT2D eigenvalue weighted by Gasteiger charge is -2.07. The van der Waals surface area contributed by atoms with Crippen molar-refractivity contribution in [3.63, 3.8) is 0 Å². The van der Waals surface area contributed by atoms with Crippen molar-refractivity contribution >= 4 is 0 Å². The van der Waals surface area contributed by atoms with Crippen LogP contribution in [-0.2, 0) is 9.84 Å². The molecule has 0 amide bonds. The van der Waals surface area contributed by atoms with Gasteiger partial charge in [-0.25, -0.2) is 5.11 Å². The smallest absolute Gasteiger partial charge is 0.111 e. The van der Waals surface area contributed by atoms with Gasteiger partial charge in [-0.15, -0.1) is 0 Å². The molecule has 0 saturated heterocycles. The van der Waals surface area contributed by atoms with E-state index in [-0.39, 0.29) is 13.2 Å². The van der Waals surface area contributed by atoms with Crippen LogP contribution >= 0.6 is 0 Å². The second kappa shape index (κ2) is 5.03. The van der Waals surface area contributed by atoms with E-state index in [9.17, 15) is 5.11 Å². The zero-order chi connectivity index (χ0) is 6.41. The van der Waals surface area contributed by atoms with Crippen molar-refractivity contribution in [2.75, 3.05) is 19.8 Å². The van der Waals surface area contributed by atoms with Crippen LogP contribution in [0.5, 0.6) is 0 Å². The van der Waals surface area contributed by atoms with E-state index in [4.69, 9.17) is 9.84 Å². The predicted molar refractivity (Wildman–Crippen MR) is 28.1 cm³/mol. The monoisotopic (exact) mass is 119 g/mol. The lowest BCUT2D eigenvalue weighted by Crippen LogP contribution is -2.20. The maximum Gasteiger partial charge on any atom is 0.111 e. The first-order valence-corrected chi connectivity index (χ1v) is 2.65. The van der Waals surface area contributed by atoms with Crippen LogP contribution in [0.2, 0.25) is 0 Å². The summed E-state index contributed by atoms with van der Waals surface area (Å²) in [4.78, 5) is 0. The van der Waals surface area contributed by atoms with Gasteiger partial charge in [0.15, 0.2) is 0 Å². The molecule has 8 heavy (non-hydrogen) atoms. The highest BCUT2D eigenvalue weighted by atomic mass is 16.5. The van der Waals surface area contributed by atoms with Crippen LogP contribution in [0.25, 0.3) is 0 Å². The lowest BCUT2D eigenvalue weighted by molar-refractivity contribution is -0.0321. The molecule has 0 aromatic heterocycles. The summed E-state index contributed by atoms with van der Waals surface area (Å²) in [5.74, 6) is 0. The molecule has 0 aromatic carbocycles. The standard InChI is InChI=1S/C5H11O3/c1-2-8-5(3-6)4-7/h5-6H,2-4H2,1H3. The Kier molecular flexibility index (Phi) is 4.95. The van der Waals surface area contributed by atoms with Crippen LogP contribution < -0.4 is 0 Å². The van der Waals surface area contributed by atoms with E-state index in [0.29, 0.717) is 6.61 Å². The molecule has 0 fully saturated rings. The molecule has 3 heteroatoms. The Morgan fingerprint density at radius 2 is 2.38 bits per heavy atom. The van der Waals surface area contributed by atoms with Crippen molar-refractivity contribution in [3.05, 3.63) is 0 Å². The fourth-order valence-electron chi connectivity index (χ4n) is 0.389. The van der Waals surface area contributed by atoms with Crippen molar-refractivity contribution in [3.8, 4) is 0 Å². The van der Waals surface area contributed by atoms with Crippen molar-refractivity contribution < 1.29 is 14.9 Å². The molecule has 3 nitrogen and oxygen atoms in total. The van der Waals surface area contributed by atoms with Gasteiger partial charge in [0.2, 0.25) is 0 Å². The molecule has 49 valence electrons. The highest BCUT2D eigenvalue weighted by Crippen LogP contribution is 1.86. The molecule has 1 N–H and O–H groups in total. The Labute approximate surface area is 48.9 Å². The first-order chi connectivity index (χ1) is 3.85. The average Bonchev–Trinajstić information content (AvgIpc) is 1.83. The number of aliphatic hydroxyl groups is 1. The van der Waals surface area contributed by atoms with Gasteiger partial charge >= 0.3 is 0 Å². The molecule has 0 heterocycles. The van der Waals surface area contributed by atoms with Crippen molar-refractivity contribution in [2.24, 2.45) is 0 Å². The summed E-state index contributed by atoms with van der Waals surface area (Å²) in [5.41, 5.74) is 0. The normalized spacial score (nSPS) is 10.5. The number of aliphatic hydroxyl groups excluding tert-OH is 1. The van der Waals surface area contributed by atoms with Gasteiger partial charge in [-0.3, -0.25) is 0 Å². The third-order valence-electron chi connectivity index (χ3n) is 0.792. The summed E-state index contributed by atoms with van der Waals surface area (Å²) < 4.78 is 4.78. The minimum absolute atomic E-state index is 0.169. The van der Waals surface area contributed by atoms with E-state index in [2.05, 4.69) is 0 Å². The molecule has 0 spiro atoms. The van der Waals surface area contributed by atoms with Crippen LogP contribution in [0, 0.1) is 0 Å². The van der Waals surface area contributed by atoms with E-state index in [0.717, 1.165) is 0 Å². The zero-order valence-corrected chi connectivity index (χ0v) is 4.96. The van der Waals surface area contributed by atoms with Gasteiger partial charge in [-0.1, -0.05) is 0 Å². The predicted octanol–water partition coefficient (Wildman–Crippen LogP) is -0.186. The fourth-order valence-corrected chi connectivity index (χ4v) is 0.389.